The van der Waals surface area contributed by atoms with Crippen LogP contribution < -0.4 is 10.6 Å². The van der Waals surface area contributed by atoms with Gasteiger partial charge < -0.3 is 20.7 Å². The zero-order chi connectivity index (χ0) is 19.5. The SMILES string of the molecule is O=C(Nc1ccc(-c2ccccc2)cc1)C1C(=O)NC(Cc2c[nH]cn2)C1O. The normalized spacial score (nSPS) is 21.3. The average Bonchev–Trinajstić information content (AvgIpc) is 3.31. The Morgan fingerprint density at radius 2 is 1.79 bits per heavy atom. The Labute approximate surface area is 161 Å². The van der Waals surface area contributed by atoms with Crippen LogP contribution in [0, 0.1) is 5.92 Å². The molecular weight excluding hydrogens is 356 g/mol. The molecule has 3 atom stereocenters. The molecule has 1 aliphatic rings. The number of carbonyl (C=O) groups excluding carboxylic acids is 2. The van der Waals surface area contributed by atoms with Crippen molar-refractivity contribution < 1.29 is 14.7 Å². The van der Waals surface area contributed by atoms with Gasteiger partial charge in [-0.2, -0.15) is 0 Å². The van der Waals surface area contributed by atoms with Gasteiger partial charge in [-0.1, -0.05) is 42.5 Å². The summed E-state index contributed by atoms with van der Waals surface area (Å²) >= 11 is 0. The summed E-state index contributed by atoms with van der Waals surface area (Å²) in [5.41, 5.74) is 3.38. The lowest BCUT2D eigenvalue weighted by atomic mass is 9.97. The van der Waals surface area contributed by atoms with Crippen LogP contribution in [0.2, 0.25) is 0 Å². The number of benzene rings is 2. The Balaban J connectivity index is 1.42. The summed E-state index contributed by atoms with van der Waals surface area (Å²) in [4.78, 5) is 31.7. The molecule has 1 aromatic heterocycles. The van der Waals surface area contributed by atoms with Crippen LogP contribution in [0.4, 0.5) is 5.69 Å². The number of imidazole rings is 1. The summed E-state index contributed by atoms with van der Waals surface area (Å²) in [6.07, 6.45) is 2.46. The molecule has 0 radical (unpaired) electrons. The Morgan fingerprint density at radius 3 is 2.46 bits per heavy atom. The van der Waals surface area contributed by atoms with Gasteiger partial charge >= 0.3 is 0 Å². The molecule has 4 N–H and O–H groups in total. The first kappa shape index (κ1) is 17.9. The van der Waals surface area contributed by atoms with Crippen LogP contribution in [0.5, 0.6) is 0 Å². The Bertz CT molecular complexity index is 955. The number of hydrogen-bond acceptors (Lipinski definition) is 4. The van der Waals surface area contributed by atoms with E-state index in [0.29, 0.717) is 17.8 Å². The molecule has 2 heterocycles. The van der Waals surface area contributed by atoms with E-state index in [1.807, 2.05) is 42.5 Å². The van der Waals surface area contributed by atoms with Crippen molar-refractivity contribution >= 4 is 17.5 Å². The number of hydrogen-bond donors (Lipinski definition) is 4. The molecule has 2 aromatic carbocycles. The molecule has 0 bridgehead atoms. The van der Waals surface area contributed by atoms with Crippen LogP contribution in [0.25, 0.3) is 11.1 Å². The molecule has 1 saturated heterocycles. The number of rotatable bonds is 5. The lowest BCUT2D eigenvalue weighted by Gasteiger charge is -2.16. The largest absolute Gasteiger partial charge is 0.390 e. The van der Waals surface area contributed by atoms with Crippen molar-refractivity contribution in [2.75, 3.05) is 5.32 Å². The molecule has 4 rings (SSSR count). The third-order valence-corrected chi connectivity index (χ3v) is 4.89. The second-order valence-corrected chi connectivity index (χ2v) is 6.78. The molecule has 1 fully saturated rings. The van der Waals surface area contributed by atoms with Gasteiger partial charge in [0.25, 0.3) is 0 Å². The van der Waals surface area contributed by atoms with Gasteiger partial charge in [-0.3, -0.25) is 9.59 Å². The fourth-order valence-corrected chi connectivity index (χ4v) is 3.42. The number of nitrogens with zero attached hydrogens (tertiary/aromatic N) is 1. The quantitative estimate of drug-likeness (QED) is 0.509. The number of carbonyl (C=O) groups is 2. The van der Waals surface area contributed by atoms with E-state index in [4.69, 9.17) is 0 Å². The molecule has 3 unspecified atom stereocenters. The highest BCUT2D eigenvalue weighted by Gasteiger charge is 2.45. The number of aromatic nitrogens is 2. The number of aromatic amines is 1. The van der Waals surface area contributed by atoms with E-state index >= 15 is 0 Å². The monoisotopic (exact) mass is 376 g/mol. The molecule has 142 valence electrons. The summed E-state index contributed by atoms with van der Waals surface area (Å²) in [5, 5.41) is 15.9. The van der Waals surface area contributed by atoms with Crippen LogP contribution in [0.1, 0.15) is 5.69 Å². The molecule has 0 spiro atoms. The van der Waals surface area contributed by atoms with Gasteiger partial charge in [-0.15, -0.1) is 0 Å². The number of anilines is 1. The number of aliphatic hydroxyl groups excluding tert-OH is 1. The Hall–Kier alpha value is -3.45. The van der Waals surface area contributed by atoms with Crippen LogP contribution in [0.15, 0.2) is 67.1 Å². The first-order valence-electron chi connectivity index (χ1n) is 9.04. The predicted molar refractivity (Wildman–Crippen MR) is 104 cm³/mol. The van der Waals surface area contributed by atoms with Crippen LogP contribution in [-0.4, -0.2) is 39.0 Å². The number of aliphatic hydroxyl groups is 1. The fourth-order valence-electron chi connectivity index (χ4n) is 3.42. The fraction of sp³-hybridized carbons (Fsp3) is 0.190. The molecular formula is C21H20N4O3. The lowest BCUT2D eigenvalue weighted by molar-refractivity contribution is -0.132. The van der Waals surface area contributed by atoms with Crippen molar-refractivity contribution in [1.29, 1.82) is 0 Å². The Morgan fingerprint density at radius 1 is 1.07 bits per heavy atom. The molecule has 7 nitrogen and oxygen atoms in total. The minimum Gasteiger partial charge on any atom is -0.390 e. The smallest absolute Gasteiger partial charge is 0.239 e. The van der Waals surface area contributed by atoms with E-state index in [1.165, 1.54) is 6.33 Å². The van der Waals surface area contributed by atoms with Crippen molar-refractivity contribution in [3.63, 3.8) is 0 Å². The molecule has 2 amide bonds. The molecule has 1 aliphatic heterocycles. The maximum Gasteiger partial charge on any atom is 0.239 e. The summed E-state index contributed by atoms with van der Waals surface area (Å²) in [6, 6.07) is 16.7. The van der Waals surface area contributed by atoms with E-state index < -0.39 is 29.9 Å². The molecule has 3 aromatic rings. The van der Waals surface area contributed by atoms with Crippen molar-refractivity contribution in [3.8, 4) is 11.1 Å². The highest BCUT2D eigenvalue weighted by molar-refractivity contribution is 6.08. The summed E-state index contributed by atoms with van der Waals surface area (Å²) in [7, 11) is 0. The van der Waals surface area contributed by atoms with Gasteiger partial charge in [-0.25, -0.2) is 4.98 Å². The van der Waals surface area contributed by atoms with Crippen LogP contribution >= 0.6 is 0 Å². The zero-order valence-electron chi connectivity index (χ0n) is 15.0. The van der Waals surface area contributed by atoms with Crippen molar-refractivity contribution in [2.45, 2.75) is 18.6 Å². The first-order valence-corrected chi connectivity index (χ1v) is 9.04. The van der Waals surface area contributed by atoms with Crippen LogP contribution in [0.3, 0.4) is 0 Å². The zero-order valence-corrected chi connectivity index (χ0v) is 15.0. The van der Waals surface area contributed by atoms with Gasteiger partial charge in [-0.05, 0) is 23.3 Å². The van der Waals surface area contributed by atoms with Gasteiger partial charge in [0.05, 0.1) is 24.2 Å². The second-order valence-electron chi connectivity index (χ2n) is 6.78. The number of H-pyrrole nitrogens is 1. The maximum atomic E-state index is 12.6. The Kier molecular flexibility index (Phi) is 4.90. The van der Waals surface area contributed by atoms with E-state index in [0.717, 1.165) is 11.1 Å². The average molecular weight is 376 g/mol. The predicted octanol–water partition coefficient (Wildman–Crippen LogP) is 1.73. The summed E-state index contributed by atoms with van der Waals surface area (Å²) in [6.45, 7) is 0. The molecule has 0 aliphatic carbocycles. The second kappa shape index (κ2) is 7.66. The van der Waals surface area contributed by atoms with Crippen molar-refractivity contribution in [1.82, 2.24) is 15.3 Å². The summed E-state index contributed by atoms with van der Waals surface area (Å²) in [5.74, 6) is -2.16. The van der Waals surface area contributed by atoms with E-state index in [1.54, 1.807) is 18.3 Å². The number of amides is 2. The van der Waals surface area contributed by atoms with E-state index in [9.17, 15) is 14.7 Å². The van der Waals surface area contributed by atoms with Gasteiger partial charge in [0.1, 0.15) is 5.92 Å². The molecule has 0 saturated carbocycles. The third kappa shape index (κ3) is 3.65. The topological polar surface area (TPSA) is 107 Å². The minimum absolute atomic E-state index is 0.353. The highest BCUT2D eigenvalue weighted by atomic mass is 16.3. The van der Waals surface area contributed by atoms with Gasteiger partial charge in [0.15, 0.2) is 0 Å². The van der Waals surface area contributed by atoms with Crippen molar-refractivity contribution in [2.24, 2.45) is 5.92 Å². The summed E-state index contributed by atoms with van der Waals surface area (Å²) < 4.78 is 0. The van der Waals surface area contributed by atoms with E-state index in [-0.39, 0.29) is 0 Å². The van der Waals surface area contributed by atoms with Gasteiger partial charge in [0.2, 0.25) is 11.8 Å². The molecule has 7 heteroatoms. The number of nitrogens with one attached hydrogen (secondary N) is 3. The lowest BCUT2D eigenvalue weighted by Crippen LogP contribution is -2.37. The molecule has 28 heavy (non-hydrogen) atoms. The first-order chi connectivity index (χ1) is 13.6. The third-order valence-electron chi connectivity index (χ3n) is 4.89. The van der Waals surface area contributed by atoms with Gasteiger partial charge in [0, 0.05) is 18.3 Å². The highest BCUT2D eigenvalue weighted by Crippen LogP contribution is 2.24. The standard InChI is InChI=1S/C21H20N4O3/c26-19-17(10-16-11-22-12-23-16)25-21(28)18(19)20(27)24-15-8-6-14(7-9-15)13-4-2-1-3-5-13/h1-9,11-12,17-19,26H,10H2,(H,22,23)(H,24,27)(H,25,28). The maximum absolute atomic E-state index is 12.6. The van der Waals surface area contributed by atoms with E-state index in [2.05, 4.69) is 20.6 Å². The van der Waals surface area contributed by atoms with Crippen molar-refractivity contribution in [3.05, 3.63) is 72.8 Å². The van der Waals surface area contributed by atoms with Crippen LogP contribution in [-0.2, 0) is 16.0 Å². The minimum atomic E-state index is -1.15.